The number of carbonyl (C=O) groups is 1. The van der Waals surface area contributed by atoms with Crippen molar-refractivity contribution in [3.63, 3.8) is 0 Å². The Hall–Kier alpha value is -0.610. The van der Waals surface area contributed by atoms with Gasteiger partial charge in [-0.25, -0.2) is 0 Å². The highest BCUT2D eigenvalue weighted by molar-refractivity contribution is 9.11. The molecule has 0 bridgehead atoms. The van der Waals surface area contributed by atoms with Crippen molar-refractivity contribution >= 4 is 21.7 Å². The first-order valence-electron chi connectivity index (χ1n) is 3.85. The fourth-order valence-electron chi connectivity index (χ4n) is 0.485. The third-order valence-electron chi connectivity index (χ3n) is 1.29. The molecule has 74 valence electrons. The van der Waals surface area contributed by atoms with Crippen molar-refractivity contribution in [1.82, 2.24) is 5.06 Å². The maximum absolute atomic E-state index is 10.9. The topological polar surface area (TPSA) is 40.5 Å². The second-order valence-corrected chi connectivity index (χ2v) is 4.05. The van der Waals surface area contributed by atoms with Crippen LogP contribution < -0.4 is 0 Å². The van der Waals surface area contributed by atoms with Crippen LogP contribution in [0.4, 0.5) is 0 Å². The van der Waals surface area contributed by atoms with Crippen molar-refractivity contribution in [2.24, 2.45) is 0 Å². The van der Waals surface area contributed by atoms with Gasteiger partial charge in [-0.1, -0.05) is 15.9 Å². The third kappa shape index (κ3) is 5.60. The average Bonchev–Trinajstić information content (AvgIpc) is 1.99. The number of hydroxylamine groups is 2. The zero-order valence-electron chi connectivity index (χ0n) is 7.99. The SMILES string of the molecule is CC(C)(C)N(O)C=CC(=O)/C=C/Br. The monoisotopic (exact) mass is 247 g/mol. The van der Waals surface area contributed by atoms with Gasteiger partial charge in [0.05, 0.1) is 5.54 Å². The van der Waals surface area contributed by atoms with Crippen LogP contribution in [0.1, 0.15) is 20.8 Å². The van der Waals surface area contributed by atoms with E-state index >= 15 is 0 Å². The highest BCUT2D eigenvalue weighted by Crippen LogP contribution is 2.09. The number of allylic oxidation sites excluding steroid dienone is 2. The van der Waals surface area contributed by atoms with Crippen LogP contribution in [-0.4, -0.2) is 21.6 Å². The van der Waals surface area contributed by atoms with E-state index in [9.17, 15) is 10.0 Å². The first kappa shape index (κ1) is 12.4. The average molecular weight is 248 g/mol. The van der Waals surface area contributed by atoms with Crippen LogP contribution in [0, 0.1) is 0 Å². The van der Waals surface area contributed by atoms with Crippen LogP contribution in [0.25, 0.3) is 0 Å². The number of carbonyl (C=O) groups excluding carboxylic acids is 1. The summed E-state index contributed by atoms with van der Waals surface area (Å²) in [5.41, 5.74) is -0.394. The van der Waals surface area contributed by atoms with Crippen molar-refractivity contribution < 1.29 is 10.0 Å². The molecule has 0 saturated heterocycles. The fourth-order valence-corrected chi connectivity index (χ4v) is 0.746. The van der Waals surface area contributed by atoms with Gasteiger partial charge in [0.15, 0.2) is 5.78 Å². The van der Waals surface area contributed by atoms with Gasteiger partial charge in [0, 0.05) is 12.3 Å². The highest BCUT2D eigenvalue weighted by Gasteiger charge is 2.15. The molecule has 0 amide bonds. The van der Waals surface area contributed by atoms with Crippen LogP contribution in [0.5, 0.6) is 0 Å². The van der Waals surface area contributed by atoms with Crippen LogP contribution in [0.2, 0.25) is 0 Å². The summed E-state index contributed by atoms with van der Waals surface area (Å²) in [6.07, 6.45) is 3.99. The van der Waals surface area contributed by atoms with Crippen molar-refractivity contribution in [2.75, 3.05) is 0 Å². The molecule has 0 rings (SSSR count). The third-order valence-corrected chi connectivity index (χ3v) is 1.56. The summed E-state index contributed by atoms with van der Waals surface area (Å²) < 4.78 is 0. The Bertz CT molecular complexity index is 228. The lowest BCUT2D eigenvalue weighted by atomic mass is 10.1. The summed E-state index contributed by atoms with van der Waals surface area (Å²) in [7, 11) is 0. The van der Waals surface area contributed by atoms with Crippen molar-refractivity contribution in [1.29, 1.82) is 0 Å². The molecule has 0 radical (unpaired) electrons. The van der Waals surface area contributed by atoms with Crippen molar-refractivity contribution in [3.8, 4) is 0 Å². The minimum atomic E-state index is -0.394. The zero-order valence-corrected chi connectivity index (χ0v) is 9.58. The summed E-state index contributed by atoms with van der Waals surface area (Å²) in [5.74, 6) is -0.180. The molecule has 4 heteroatoms. The number of ketones is 1. The maximum atomic E-state index is 10.9. The Morgan fingerprint density at radius 2 is 1.92 bits per heavy atom. The quantitative estimate of drug-likeness (QED) is 0.616. The largest absolute Gasteiger partial charge is 0.290 e. The molecule has 1 N–H and O–H groups in total. The van der Waals surface area contributed by atoms with Gasteiger partial charge in [0.25, 0.3) is 0 Å². The molecule has 0 aliphatic heterocycles. The fraction of sp³-hybridized carbons (Fsp3) is 0.444. The summed E-state index contributed by atoms with van der Waals surface area (Å²) >= 11 is 2.99. The molecule has 0 aliphatic carbocycles. The Balaban J connectivity index is 4.20. The molecular weight excluding hydrogens is 234 g/mol. The molecule has 0 heterocycles. The van der Waals surface area contributed by atoms with Gasteiger partial charge in [0.1, 0.15) is 0 Å². The van der Waals surface area contributed by atoms with E-state index in [0.717, 1.165) is 5.06 Å². The minimum Gasteiger partial charge on any atom is -0.290 e. The summed E-state index contributed by atoms with van der Waals surface area (Å²) in [4.78, 5) is 12.4. The molecule has 0 saturated carbocycles. The van der Waals surface area contributed by atoms with Gasteiger partial charge in [-0.15, -0.1) is 0 Å². The van der Waals surface area contributed by atoms with Crippen LogP contribution >= 0.6 is 15.9 Å². The first-order valence-corrected chi connectivity index (χ1v) is 4.76. The van der Waals surface area contributed by atoms with Gasteiger partial charge in [0.2, 0.25) is 0 Å². The van der Waals surface area contributed by atoms with Crippen LogP contribution in [-0.2, 0) is 4.79 Å². The molecule has 0 aromatic rings. The number of rotatable bonds is 3. The smallest absolute Gasteiger partial charge is 0.180 e. The predicted molar refractivity (Wildman–Crippen MR) is 55.6 cm³/mol. The van der Waals surface area contributed by atoms with E-state index in [-0.39, 0.29) is 5.78 Å². The second-order valence-electron chi connectivity index (χ2n) is 3.53. The van der Waals surface area contributed by atoms with Gasteiger partial charge in [-0.05, 0) is 31.8 Å². The molecule has 0 aromatic carbocycles. The lowest BCUT2D eigenvalue weighted by molar-refractivity contribution is -0.115. The van der Waals surface area contributed by atoms with Crippen molar-refractivity contribution in [2.45, 2.75) is 26.3 Å². The van der Waals surface area contributed by atoms with Gasteiger partial charge >= 0.3 is 0 Å². The van der Waals surface area contributed by atoms with E-state index in [2.05, 4.69) is 15.9 Å². The Labute approximate surface area is 86.8 Å². The normalized spacial score (nSPS) is 12.7. The van der Waals surface area contributed by atoms with E-state index in [4.69, 9.17) is 0 Å². The molecule has 13 heavy (non-hydrogen) atoms. The van der Waals surface area contributed by atoms with Gasteiger partial charge in [-0.3, -0.25) is 15.1 Å². The molecule has 0 aromatic heterocycles. The number of hydrogen-bond donors (Lipinski definition) is 1. The first-order chi connectivity index (χ1) is 5.88. The van der Waals surface area contributed by atoms with E-state index in [1.165, 1.54) is 23.3 Å². The Morgan fingerprint density at radius 1 is 1.38 bits per heavy atom. The van der Waals surface area contributed by atoms with Crippen LogP contribution in [0.15, 0.2) is 23.3 Å². The zero-order chi connectivity index (χ0) is 10.5. The van der Waals surface area contributed by atoms with E-state index in [1.54, 1.807) is 0 Å². The minimum absolute atomic E-state index is 0.180. The summed E-state index contributed by atoms with van der Waals surface area (Å²) in [6.45, 7) is 5.51. The standard InChI is InChI=1S/C9H14BrNO2/c1-9(2,3)11(13)7-5-8(12)4-6-10/h4-7,13H,1-3H3/b6-4+,7-5?. The van der Waals surface area contributed by atoms with E-state index in [1.807, 2.05) is 20.8 Å². The predicted octanol–water partition coefficient (Wildman–Crippen LogP) is 2.47. The second kappa shape index (κ2) is 5.19. The Morgan fingerprint density at radius 3 is 2.31 bits per heavy atom. The Kier molecular flexibility index (Phi) is 4.95. The molecule has 3 nitrogen and oxygen atoms in total. The van der Waals surface area contributed by atoms with Gasteiger partial charge < -0.3 is 0 Å². The maximum Gasteiger partial charge on any atom is 0.180 e. The lowest BCUT2D eigenvalue weighted by Crippen LogP contribution is -2.34. The molecule has 0 unspecified atom stereocenters. The summed E-state index contributed by atoms with van der Waals surface area (Å²) in [5, 5.41) is 10.4. The number of hydrogen-bond acceptors (Lipinski definition) is 3. The van der Waals surface area contributed by atoms with E-state index in [0.29, 0.717) is 0 Å². The molecule has 0 spiro atoms. The number of halogens is 1. The number of nitrogens with zero attached hydrogens (tertiary/aromatic N) is 1. The van der Waals surface area contributed by atoms with Gasteiger partial charge in [-0.2, -0.15) is 0 Å². The highest BCUT2D eigenvalue weighted by atomic mass is 79.9. The molecular formula is C9H14BrNO2. The summed E-state index contributed by atoms with van der Waals surface area (Å²) in [6, 6.07) is 0. The lowest BCUT2D eigenvalue weighted by Gasteiger charge is -2.27. The van der Waals surface area contributed by atoms with Crippen LogP contribution in [0.3, 0.4) is 0 Å². The molecule has 0 aliphatic rings. The molecule has 0 fully saturated rings. The van der Waals surface area contributed by atoms with E-state index < -0.39 is 5.54 Å². The van der Waals surface area contributed by atoms with Crippen molar-refractivity contribution in [3.05, 3.63) is 23.3 Å². The molecule has 0 atom stereocenters.